The van der Waals surface area contributed by atoms with Crippen LogP contribution >= 0.6 is 0 Å². The zero-order valence-electron chi connectivity index (χ0n) is 14.4. The molecule has 2 aromatic carbocycles. The third kappa shape index (κ3) is 4.88. The molecule has 0 atom stereocenters. The van der Waals surface area contributed by atoms with Gasteiger partial charge in [-0.05, 0) is 47.9 Å². The zero-order chi connectivity index (χ0) is 19.2. The summed E-state index contributed by atoms with van der Waals surface area (Å²) in [6.45, 7) is -0.00610. The van der Waals surface area contributed by atoms with Crippen LogP contribution in [0.2, 0.25) is 0 Å². The lowest BCUT2D eigenvalue weighted by molar-refractivity contribution is -0.136. The lowest BCUT2D eigenvalue weighted by atomic mass is 10.0. The van der Waals surface area contributed by atoms with Crippen LogP contribution < -0.4 is 4.74 Å². The minimum Gasteiger partial charge on any atom is -0.489 e. The monoisotopic (exact) mass is 369 g/mol. The number of aliphatic carboxylic acids is 1. The van der Waals surface area contributed by atoms with Gasteiger partial charge in [-0.25, -0.2) is 9.37 Å². The summed E-state index contributed by atoms with van der Waals surface area (Å²) in [5.74, 6) is -1.33. The smallest absolute Gasteiger partial charge is 0.303 e. The third-order valence-corrected chi connectivity index (χ3v) is 4.09. The molecule has 0 bridgehead atoms. The Hall–Kier alpha value is -3.28. The van der Waals surface area contributed by atoms with E-state index < -0.39 is 17.7 Å². The van der Waals surface area contributed by atoms with Gasteiger partial charge < -0.3 is 9.84 Å². The van der Waals surface area contributed by atoms with E-state index in [9.17, 15) is 13.6 Å². The molecule has 1 N–H and O–H groups in total. The largest absolute Gasteiger partial charge is 0.489 e. The number of benzene rings is 2. The quantitative estimate of drug-likeness (QED) is 0.617. The van der Waals surface area contributed by atoms with Crippen molar-refractivity contribution >= 4 is 5.97 Å². The minimum atomic E-state index is -0.849. The number of rotatable bonds is 7. The van der Waals surface area contributed by atoms with Crippen LogP contribution in [0.5, 0.6) is 5.75 Å². The predicted molar refractivity (Wildman–Crippen MR) is 96.3 cm³/mol. The molecule has 3 rings (SSSR count). The van der Waals surface area contributed by atoms with E-state index in [1.807, 2.05) is 0 Å². The number of halogens is 2. The number of aromatic nitrogens is 1. The molecule has 6 heteroatoms. The van der Waals surface area contributed by atoms with Crippen molar-refractivity contribution in [3.8, 4) is 16.9 Å². The molecule has 1 heterocycles. The highest BCUT2D eigenvalue weighted by molar-refractivity contribution is 5.67. The first-order chi connectivity index (χ1) is 13.0. The van der Waals surface area contributed by atoms with Gasteiger partial charge in [0.2, 0.25) is 5.95 Å². The Labute approximate surface area is 155 Å². The van der Waals surface area contributed by atoms with Crippen LogP contribution in [-0.4, -0.2) is 16.1 Å². The topological polar surface area (TPSA) is 59.4 Å². The van der Waals surface area contributed by atoms with Crippen LogP contribution in [0, 0.1) is 11.8 Å². The van der Waals surface area contributed by atoms with Crippen molar-refractivity contribution in [1.82, 2.24) is 4.98 Å². The van der Waals surface area contributed by atoms with Gasteiger partial charge in [-0.15, -0.1) is 0 Å². The lowest BCUT2D eigenvalue weighted by Crippen LogP contribution is -2.02. The van der Waals surface area contributed by atoms with Crippen LogP contribution in [0.25, 0.3) is 11.1 Å². The molecule has 0 unspecified atom stereocenters. The van der Waals surface area contributed by atoms with E-state index in [4.69, 9.17) is 9.84 Å². The molecule has 0 aliphatic heterocycles. The third-order valence-electron chi connectivity index (χ3n) is 4.09. The fraction of sp³-hybridized carbons (Fsp3) is 0.143. The van der Waals surface area contributed by atoms with Gasteiger partial charge in [-0.1, -0.05) is 24.3 Å². The van der Waals surface area contributed by atoms with Crippen molar-refractivity contribution in [2.24, 2.45) is 0 Å². The van der Waals surface area contributed by atoms with Crippen LogP contribution in [0.1, 0.15) is 17.5 Å². The van der Waals surface area contributed by atoms with Crippen LogP contribution in [0.4, 0.5) is 8.78 Å². The average molecular weight is 369 g/mol. The van der Waals surface area contributed by atoms with E-state index in [0.29, 0.717) is 28.9 Å². The number of hydrogen-bond donors (Lipinski definition) is 1. The van der Waals surface area contributed by atoms with Crippen molar-refractivity contribution in [3.05, 3.63) is 83.7 Å². The number of carbonyl (C=O) groups is 1. The Morgan fingerprint density at radius 2 is 1.81 bits per heavy atom. The summed E-state index contributed by atoms with van der Waals surface area (Å²) in [5, 5.41) is 8.72. The zero-order valence-corrected chi connectivity index (χ0v) is 14.4. The average Bonchev–Trinajstić information content (AvgIpc) is 2.67. The summed E-state index contributed by atoms with van der Waals surface area (Å²) >= 11 is 0. The normalized spacial score (nSPS) is 10.6. The van der Waals surface area contributed by atoms with Crippen molar-refractivity contribution in [3.63, 3.8) is 0 Å². The summed E-state index contributed by atoms with van der Waals surface area (Å²) in [5.41, 5.74) is 2.41. The Balaban J connectivity index is 1.74. The molecule has 0 saturated heterocycles. The molecule has 27 heavy (non-hydrogen) atoms. The van der Waals surface area contributed by atoms with Gasteiger partial charge in [-0.3, -0.25) is 4.79 Å². The van der Waals surface area contributed by atoms with E-state index in [2.05, 4.69) is 4.98 Å². The summed E-state index contributed by atoms with van der Waals surface area (Å²) < 4.78 is 33.1. The Morgan fingerprint density at radius 3 is 2.48 bits per heavy atom. The second-order valence-corrected chi connectivity index (χ2v) is 5.96. The maximum atomic E-state index is 14.3. The van der Waals surface area contributed by atoms with E-state index in [-0.39, 0.29) is 13.0 Å². The highest BCUT2D eigenvalue weighted by Crippen LogP contribution is 2.27. The Morgan fingerprint density at radius 1 is 1.04 bits per heavy atom. The number of carboxylic acids is 1. The molecular weight excluding hydrogens is 352 g/mol. The number of nitrogens with zero attached hydrogens (tertiary/aromatic N) is 1. The molecule has 0 radical (unpaired) electrons. The fourth-order valence-electron chi connectivity index (χ4n) is 2.67. The lowest BCUT2D eigenvalue weighted by Gasteiger charge is -2.12. The Kier molecular flexibility index (Phi) is 5.76. The predicted octanol–water partition coefficient (Wildman–Crippen LogP) is 4.62. The second-order valence-electron chi connectivity index (χ2n) is 5.96. The highest BCUT2D eigenvalue weighted by Gasteiger charge is 2.12. The molecule has 0 fully saturated rings. The molecule has 0 saturated carbocycles. The van der Waals surface area contributed by atoms with Gasteiger partial charge >= 0.3 is 5.97 Å². The van der Waals surface area contributed by atoms with Gasteiger partial charge in [0, 0.05) is 23.7 Å². The first-order valence-corrected chi connectivity index (χ1v) is 8.36. The highest BCUT2D eigenvalue weighted by atomic mass is 19.1. The standard InChI is InChI=1S/C21H17F2NO3/c22-19-3-1-2-17(15-7-10-20(23)24-12-15)18(19)13-27-16-8-4-14(5-9-16)6-11-21(25)26/h1-5,7-10,12H,6,11,13H2,(H,25,26). The van der Waals surface area contributed by atoms with Crippen molar-refractivity contribution in [2.45, 2.75) is 19.4 Å². The number of ether oxygens (including phenoxy) is 1. The van der Waals surface area contributed by atoms with Crippen LogP contribution in [0.15, 0.2) is 60.8 Å². The molecule has 0 spiro atoms. The van der Waals surface area contributed by atoms with E-state index in [1.54, 1.807) is 36.4 Å². The van der Waals surface area contributed by atoms with Gasteiger partial charge in [-0.2, -0.15) is 4.39 Å². The van der Waals surface area contributed by atoms with E-state index >= 15 is 0 Å². The van der Waals surface area contributed by atoms with E-state index in [1.165, 1.54) is 24.4 Å². The number of hydrogen-bond acceptors (Lipinski definition) is 3. The van der Waals surface area contributed by atoms with E-state index in [0.717, 1.165) is 5.56 Å². The molecule has 0 aliphatic carbocycles. The molecule has 0 amide bonds. The van der Waals surface area contributed by atoms with Gasteiger partial charge in [0.25, 0.3) is 0 Å². The summed E-state index contributed by atoms with van der Waals surface area (Å²) in [4.78, 5) is 14.2. The van der Waals surface area contributed by atoms with Crippen molar-refractivity contribution < 1.29 is 23.4 Å². The number of carboxylic acid groups (broad SMARTS) is 1. The fourth-order valence-corrected chi connectivity index (χ4v) is 2.67. The molecular formula is C21H17F2NO3. The SMILES string of the molecule is O=C(O)CCc1ccc(OCc2c(F)cccc2-c2ccc(F)nc2)cc1. The maximum absolute atomic E-state index is 14.3. The molecule has 4 nitrogen and oxygen atoms in total. The summed E-state index contributed by atoms with van der Waals surface area (Å²) in [6.07, 6.45) is 1.85. The number of pyridine rings is 1. The maximum Gasteiger partial charge on any atom is 0.303 e. The molecule has 0 aliphatic rings. The van der Waals surface area contributed by atoms with Crippen LogP contribution in [-0.2, 0) is 17.8 Å². The first kappa shape index (κ1) is 18.5. The first-order valence-electron chi connectivity index (χ1n) is 8.36. The van der Waals surface area contributed by atoms with Gasteiger partial charge in [0.05, 0.1) is 0 Å². The second kappa shape index (κ2) is 8.40. The number of aryl methyl sites for hydroxylation is 1. The van der Waals surface area contributed by atoms with Crippen LogP contribution in [0.3, 0.4) is 0 Å². The van der Waals surface area contributed by atoms with Crippen molar-refractivity contribution in [2.75, 3.05) is 0 Å². The van der Waals surface area contributed by atoms with Crippen molar-refractivity contribution in [1.29, 1.82) is 0 Å². The summed E-state index contributed by atoms with van der Waals surface area (Å²) in [6, 6.07) is 14.4. The summed E-state index contributed by atoms with van der Waals surface area (Å²) in [7, 11) is 0. The molecule has 138 valence electrons. The molecule has 3 aromatic rings. The minimum absolute atomic E-state index is 0.00610. The molecule has 1 aromatic heterocycles. The van der Waals surface area contributed by atoms with Gasteiger partial charge in [0.15, 0.2) is 0 Å². The van der Waals surface area contributed by atoms with Gasteiger partial charge in [0.1, 0.15) is 18.2 Å². The Bertz CT molecular complexity index is 925.